The fourth-order valence-electron chi connectivity index (χ4n) is 3.01. The van der Waals surface area contributed by atoms with Gasteiger partial charge in [-0.2, -0.15) is 0 Å². The molecule has 0 amide bonds. The van der Waals surface area contributed by atoms with Crippen molar-refractivity contribution < 1.29 is 0 Å². The van der Waals surface area contributed by atoms with Crippen LogP contribution in [0.3, 0.4) is 0 Å². The van der Waals surface area contributed by atoms with Crippen LogP contribution in [0.1, 0.15) is 26.2 Å². The molecule has 2 aliphatic rings. The molecular formula is C9H17N. The highest BCUT2D eigenvalue weighted by Crippen LogP contribution is 2.48. The van der Waals surface area contributed by atoms with Gasteiger partial charge in [-0.3, -0.25) is 0 Å². The van der Waals surface area contributed by atoms with E-state index in [0.717, 1.165) is 23.8 Å². The second-order valence-electron chi connectivity index (χ2n) is 3.99. The van der Waals surface area contributed by atoms with E-state index in [4.69, 9.17) is 0 Å². The van der Waals surface area contributed by atoms with Crippen molar-refractivity contribution in [3.05, 3.63) is 0 Å². The maximum atomic E-state index is 3.43. The van der Waals surface area contributed by atoms with E-state index in [2.05, 4.69) is 19.3 Å². The molecule has 1 nitrogen and oxygen atoms in total. The molecule has 2 saturated carbocycles. The van der Waals surface area contributed by atoms with Gasteiger partial charge in [0.25, 0.3) is 0 Å². The van der Waals surface area contributed by atoms with Gasteiger partial charge in [-0.25, -0.2) is 0 Å². The highest BCUT2D eigenvalue weighted by Gasteiger charge is 2.44. The van der Waals surface area contributed by atoms with Crippen LogP contribution in [-0.2, 0) is 0 Å². The first kappa shape index (κ1) is 6.66. The summed E-state index contributed by atoms with van der Waals surface area (Å²) in [5, 5.41) is 3.43. The summed E-state index contributed by atoms with van der Waals surface area (Å²) < 4.78 is 0. The lowest BCUT2D eigenvalue weighted by atomic mass is 9.95. The van der Waals surface area contributed by atoms with E-state index in [-0.39, 0.29) is 0 Å². The Morgan fingerprint density at radius 3 is 2.40 bits per heavy atom. The minimum Gasteiger partial charge on any atom is -0.317 e. The molecule has 1 unspecified atom stereocenters. The Morgan fingerprint density at radius 2 is 2.10 bits per heavy atom. The molecule has 10 heavy (non-hydrogen) atoms. The molecule has 0 aromatic carbocycles. The molecule has 4 atom stereocenters. The molecule has 2 fully saturated rings. The van der Waals surface area contributed by atoms with Crippen molar-refractivity contribution in [2.24, 2.45) is 17.8 Å². The van der Waals surface area contributed by atoms with Crippen molar-refractivity contribution >= 4 is 0 Å². The monoisotopic (exact) mass is 139 g/mol. The maximum absolute atomic E-state index is 3.43. The highest BCUT2D eigenvalue weighted by molar-refractivity contribution is 4.97. The van der Waals surface area contributed by atoms with Gasteiger partial charge in [-0.15, -0.1) is 0 Å². The van der Waals surface area contributed by atoms with Gasteiger partial charge in [0.15, 0.2) is 0 Å². The van der Waals surface area contributed by atoms with E-state index in [0.29, 0.717) is 0 Å². The molecule has 2 bridgehead atoms. The van der Waals surface area contributed by atoms with E-state index in [1.54, 1.807) is 0 Å². The van der Waals surface area contributed by atoms with E-state index >= 15 is 0 Å². The Hall–Kier alpha value is -0.0400. The van der Waals surface area contributed by atoms with Crippen molar-refractivity contribution in [1.29, 1.82) is 0 Å². The lowest BCUT2D eigenvalue weighted by Gasteiger charge is -2.20. The van der Waals surface area contributed by atoms with Crippen LogP contribution in [0.4, 0.5) is 0 Å². The summed E-state index contributed by atoms with van der Waals surface area (Å²) in [7, 11) is 2.11. The first-order chi connectivity index (χ1) is 4.83. The number of hydrogen-bond acceptors (Lipinski definition) is 1. The quantitative estimate of drug-likeness (QED) is 0.582. The molecule has 58 valence electrons. The van der Waals surface area contributed by atoms with Gasteiger partial charge in [0.2, 0.25) is 0 Å². The summed E-state index contributed by atoms with van der Waals surface area (Å²) in [5.41, 5.74) is 0. The zero-order chi connectivity index (χ0) is 7.14. The SMILES string of the molecule is CN[C@@H]1C[C@@H]2CCC1[C@@H]2C. The summed E-state index contributed by atoms with van der Waals surface area (Å²) in [6.07, 6.45) is 4.43. The van der Waals surface area contributed by atoms with E-state index in [1.807, 2.05) is 0 Å². The molecule has 1 heteroatoms. The van der Waals surface area contributed by atoms with E-state index < -0.39 is 0 Å². The van der Waals surface area contributed by atoms with Gasteiger partial charge in [0, 0.05) is 6.04 Å². The molecule has 0 aliphatic heterocycles. The molecule has 0 spiro atoms. The lowest BCUT2D eigenvalue weighted by molar-refractivity contribution is 0.361. The fourth-order valence-corrected chi connectivity index (χ4v) is 3.01. The summed E-state index contributed by atoms with van der Waals surface area (Å²) in [5.74, 6) is 3.08. The molecular weight excluding hydrogens is 122 g/mol. The summed E-state index contributed by atoms with van der Waals surface area (Å²) >= 11 is 0. The van der Waals surface area contributed by atoms with Gasteiger partial charge >= 0.3 is 0 Å². The van der Waals surface area contributed by atoms with Crippen molar-refractivity contribution in [2.75, 3.05) is 7.05 Å². The third-order valence-electron chi connectivity index (χ3n) is 3.73. The fraction of sp³-hybridized carbons (Fsp3) is 1.00. The molecule has 0 saturated heterocycles. The van der Waals surface area contributed by atoms with Crippen molar-refractivity contribution in [3.63, 3.8) is 0 Å². The Kier molecular flexibility index (Phi) is 1.48. The van der Waals surface area contributed by atoms with Gasteiger partial charge < -0.3 is 5.32 Å². The van der Waals surface area contributed by atoms with Gasteiger partial charge in [0.1, 0.15) is 0 Å². The van der Waals surface area contributed by atoms with Crippen LogP contribution in [0.5, 0.6) is 0 Å². The minimum atomic E-state index is 0.855. The average molecular weight is 139 g/mol. The second kappa shape index (κ2) is 2.23. The number of rotatable bonds is 1. The molecule has 1 N–H and O–H groups in total. The zero-order valence-corrected chi connectivity index (χ0v) is 6.93. The number of hydrogen-bond donors (Lipinski definition) is 1. The summed E-state index contributed by atoms with van der Waals surface area (Å²) in [6, 6.07) is 0.855. The van der Waals surface area contributed by atoms with Crippen LogP contribution in [0.15, 0.2) is 0 Å². The predicted molar refractivity (Wildman–Crippen MR) is 42.8 cm³/mol. The predicted octanol–water partition coefficient (Wildman–Crippen LogP) is 1.64. The minimum absolute atomic E-state index is 0.855. The maximum Gasteiger partial charge on any atom is 0.00977 e. The largest absolute Gasteiger partial charge is 0.317 e. The highest BCUT2D eigenvalue weighted by atomic mass is 14.9. The molecule has 0 aromatic heterocycles. The van der Waals surface area contributed by atoms with Crippen molar-refractivity contribution in [1.82, 2.24) is 5.32 Å². The normalized spacial score (nSPS) is 52.2. The molecule has 2 rings (SSSR count). The zero-order valence-electron chi connectivity index (χ0n) is 6.93. The Labute approximate surface area is 63.2 Å². The Morgan fingerprint density at radius 1 is 1.30 bits per heavy atom. The van der Waals surface area contributed by atoms with E-state index in [1.165, 1.54) is 19.3 Å². The van der Waals surface area contributed by atoms with Crippen LogP contribution in [-0.4, -0.2) is 13.1 Å². The topological polar surface area (TPSA) is 12.0 Å². The van der Waals surface area contributed by atoms with Gasteiger partial charge in [0.05, 0.1) is 0 Å². The number of fused-ring (bicyclic) bond motifs is 2. The van der Waals surface area contributed by atoms with E-state index in [9.17, 15) is 0 Å². The molecule has 0 radical (unpaired) electrons. The Bertz CT molecular complexity index is 133. The molecule has 2 aliphatic carbocycles. The standard InChI is InChI=1S/C9H17N/c1-6-7-3-4-8(6)9(5-7)10-2/h6-10H,3-5H2,1-2H3/t6-,7+,8?,9-/m1/s1. The van der Waals surface area contributed by atoms with Crippen LogP contribution >= 0.6 is 0 Å². The van der Waals surface area contributed by atoms with Crippen LogP contribution in [0, 0.1) is 17.8 Å². The van der Waals surface area contributed by atoms with Crippen molar-refractivity contribution in [3.8, 4) is 0 Å². The third-order valence-corrected chi connectivity index (χ3v) is 3.73. The first-order valence-electron chi connectivity index (χ1n) is 4.50. The smallest absolute Gasteiger partial charge is 0.00977 e. The van der Waals surface area contributed by atoms with Crippen molar-refractivity contribution in [2.45, 2.75) is 32.2 Å². The van der Waals surface area contributed by atoms with Crippen LogP contribution in [0.25, 0.3) is 0 Å². The lowest BCUT2D eigenvalue weighted by Crippen LogP contribution is -2.31. The first-order valence-corrected chi connectivity index (χ1v) is 4.50. The molecule has 0 aromatic rings. The van der Waals surface area contributed by atoms with Gasteiger partial charge in [-0.1, -0.05) is 6.92 Å². The third kappa shape index (κ3) is 0.731. The van der Waals surface area contributed by atoms with Crippen LogP contribution in [0.2, 0.25) is 0 Å². The summed E-state index contributed by atoms with van der Waals surface area (Å²) in [6.45, 7) is 2.43. The summed E-state index contributed by atoms with van der Waals surface area (Å²) in [4.78, 5) is 0. The second-order valence-corrected chi connectivity index (χ2v) is 3.99. The molecule has 0 heterocycles. The van der Waals surface area contributed by atoms with Crippen LogP contribution < -0.4 is 5.32 Å². The number of nitrogens with one attached hydrogen (secondary N) is 1. The average Bonchev–Trinajstić information content (AvgIpc) is 2.46. The Balaban J connectivity index is 2.08. The van der Waals surface area contributed by atoms with Gasteiger partial charge in [-0.05, 0) is 44.1 Å².